The normalized spacial score (nSPS) is 10.5. The van der Waals surface area contributed by atoms with E-state index in [0.717, 1.165) is 22.3 Å². The molecule has 1 rings (SSSR count). The first-order valence-electron chi connectivity index (χ1n) is 4.08. The molecular weight excluding hydrogens is 144 g/mol. The Labute approximate surface area is 75.6 Å². The summed E-state index contributed by atoms with van der Waals surface area (Å²) in [6.07, 6.45) is 0. The summed E-state index contributed by atoms with van der Waals surface area (Å²) in [6, 6.07) is 0. The maximum absolute atomic E-state index is 5.83. The van der Waals surface area contributed by atoms with E-state index in [1.165, 1.54) is 11.1 Å². The van der Waals surface area contributed by atoms with Crippen LogP contribution in [-0.2, 0) is 0 Å². The third-order valence-corrected chi connectivity index (χ3v) is 2.79. The molecule has 0 aliphatic carbocycles. The Morgan fingerprint density at radius 3 is 1.08 bits per heavy atom. The van der Waals surface area contributed by atoms with Gasteiger partial charge < -0.3 is 0 Å². The lowest BCUT2D eigenvalue weighted by Gasteiger charge is -2.15. The fraction of sp³-hybridized carbons (Fsp3) is 0.333. The van der Waals surface area contributed by atoms with Crippen LogP contribution in [0.15, 0.2) is 0 Å². The van der Waals surface area contributed by atoms with Crippen molar-refractivity contribution >= 4 is 0 Å². The van der Waals surface area contributed by atoms with Gasteiger partial charge in [0.25, 0.3) is 0 Å². The van der Waals surface area contributed by atoms with Gasteiger partial charge in [-0.3, -0.25) is 0 Å². The summed E-state index contributed by atoms with van der Waals surface area (Å²) >= 11 is 0. The van der Waals surface area contributed by atoms with Crippen LogP contribution in [0.3, 0.4) is 0 Å². The van der Waals surface area contributed by atoms with Crippen molar-refractivity contribution in [2.45, 2.75) is 27.7 Å². The molecule has 0 saturated carbocycles. The molecule has 1 aromatic rings. The van der Waals surface area contributed by atoms with Crippen molar-refractivity contribution in [3.05, 3.63) is 47.2 Å². The highest BCUT2D eigenvalue weighted by molar-refractivity contribution is 5.52. The largest absolute Gasteiger partial charge is 0.0447 e. The number of hydrogen-bond acceptors (Lipinski definition) is 0. The molecule has 62 valence electrons. The van der Waals surface area contributed by atoms with Crippen LogP contribution in [0.4, 0.5) is 0 Å². The first-order valence-corrected chi connectivity index (χ1v) is 4.08. The molecule has 0 heterocycles. The van der Waals surface area contributed by atoms with Crippen LogP contribution in [0.25, 0.3) is 0 Å². The molecule has 0 aromatic heterocycles. The van der Waals surface area contributed by atoms with E-state index in [0.29, 0.717) is 0 Å². The second-order valence-electron chi connectivity index (χ2n) is 3.33. The van der Waals surface area contributed by atoms with E-state index in [2.05, 4.69) is 13.8 Å². The van der Waals surface area contributed by atoms with E-state index >= 15 is 0 Å². The molecule has 4 radical (unpaired) electrons. The van der Waals surface area contributed by atoms with Gasteiger partial charge in [0.2, 0.25) is 0 Å². The van der Waals surface area contributed by atoms with Gasteiger partial charge in [-0.25, -0.2) is 0 Å². The molecule has 0 amide bonds. The summed E-state index contributed by atoms with van der Waals surface area (Å²) in [4.78, 5) is 0. The average molecular weight is 158 g/mol. The van der Waals surface area contributed by atoms with E-state index < -0.39 is 0 Å². The van der Waals surface area contributed by atoms with Gasteiger partial charge in [0.1, 0.15) is 0 Å². The highest BCUT2D eigenvalue weighted by Crippen LogP contribution is 2.24. The van der Waals surface area contributed by atoms with E-state index in [4.69, 9.17) is 13.8 Å². The van der Waals surface area contributed by atoms with Crippen LogP contribution in [0.1, 0.15) is 33.4 Å². The maximum Gasteiger partial charge on any atom is -0.000596 e. The average Bonchev–Trinajstić information content (AvgIpc) is 2.08. The third-order valence-electron chi connectivity index (χ3n) is 2.79. The molecule has 0 saturated heterocycles. The van der Waals surface area contributed by atoms with E-state index in [1.54, 1.807) is 0 Å². The molecule has 0 heteroatoms. The van der Waals surface area contributed by atoms with Crippen molar-refractivity contribution in [3.8, 4) is 0 Å². The van der Waals surface area contributed by atoms with Crippen molar-refractivity contribution in [3.63, 3.8) is 0 Å². The lowest BCUT2D eigenvalue weighted by molar-refractivity contribution is 1.18. The fourth-order valence-corrected chi connectivity index (χ4v) is 1.37. The standard InChI is InChI=1S/C12H14/c1-7-8(2)10(4)12(6)11(5)9(7)3/h1-2H,3-6H3. The lowest BCUT2D eigenvalue weighted by atomic mass is 9.90. The molecule has 0 atom stereocenters. The van der Waals surface area contributed by atoms with E-state index in [1.807, 2.05) is 13.8 Å². The minimum absolute atomic E-state index is 0.732. The summed E-state index contributed by atoms with van der Waals surface area (Å²) in [7, 11) is 0. The van der Waals surface area contributed by atoms with Crippen LogP contribution in [-0.4, -0.2) is 0 Å². The molecule has 0 fully saturated rings. The molecule has 0 unspecified atom stereocenters. The Kier molecular flexibility index (Phi) is 2.27. The first kappa shape index (κ1) is 9.31. The first-order chi connectivity index (χ1) is 5.46. The summed E-state index contributed by atoms with van der Waals surface area (Å²) in [6.45, 7) is 19.8. The van der Waals surface area contributed by atoms with Crippen LogP contribution >= 0.6 is 0 Å². The van der Waals surface area contributed by atoms with Gasteiger partial charge >= 0.3 is 0 Å². The smallest absolute Gasteiger partial charge is 0.000596 e. The van der Waals surface area contributed by atoms with Crippen molar-refractivity contribution in [2.75, 3.05) is 0 Å². The molecule has 0 nitrogen and oxygen atoms in total. The molecule has 0 N–H and O–H groups in total. The summed E-state index contributed by atoms with van der Waals surface area (Å²) < 4.78 is 0. The van der Waals surface area contributed by atoms with Gasteiger partial charge in [-0.1, -0.05) is 0 Å². The Balaban J connectivity index is 3.60. The van der Waals surface area contributed by atoms with Crippen LogP contribution < -0.4 is 0 Å². The third kappa shape index (κ3) is 1.16. The monoisotopic (exact) mass is 158 g/mol. The molecule has 0 spiro atoms. The SMILES string of the molecule is [CH]c1c([CH])c(C)c(C)c(C)c1C. The maximum atomic E-state index is 5.83. The van der Waals surface area contributed by atoms with Gasteiger partial charge in [-0.15, -0.1) is 0 Å². The number of rotatable bonds is 0. The van der Waals surface area contributed by atoms with Crippen molar-refractivity contribution in [1.29, 1.82) is 0 Å². The lowest BCUT2D eigenvalue weighted by Crippen LogP contribution is -1.98. The zero-order valence-electron chi connectivity index (χ0n) is 8.15. The van der Waals surface area contributed by atoms with Gasteiger partial charge in [0, 0.05) is 0 Å². The van der Waals surface area contributed by atoms with E-state index in [9.17, 15) is 0 Å². The molecule has 0 aliphatic rings. The zero-order chi connectivity index (χ0) is 9.46. The molecular formula is C12H14. The second kappa shape index (κ2) is 2.93. The minimum atomic E-state index is 0.732. The second-order valence-corrected chi connectivity index (χ2v) is 3.33. The van der Waals surface area contributed by atoms with Gasteiger partial charge in [0.15, 0.2) is 0 Å². The molecule has 0 aliphatic heterocycles. The summed E-state index contributed by atoms with van der Waals surface area (Å²) in [5.74, 6) is 0. The molecule has 1 aromatic carbocycles. The van der Waals surface area contributed by atoms with Crippen LogP contribution in [0.2, 0.25) is 0 Å². The minimum Gasteiger partial charge on any atom is -0.0447 e. The van der Waals surface area contributed by atoms with Crippen molar-refractivity contribution in [1.82, 2.24) is 0 Å². The van der Waals surface area contributed by atoms with Gasteiger partial charge in [-0.2, -0.15) is 0 Å². The predicted molar refractivity (Wildman–Crippen MR) is 52.2 cm³/mol. The zero-order valence-corrected chi connectivity index (χ0v) is 8.15. The highest BCUT2D eigenvalue weighted by atomic mass is 14.1. The Morgan fingerprint density at radius 2 is 0.833 bits per heavy atom. The quantitative estimate of drug-likeness (QED) is 0.544. The number of hydrogen-bond donors (Lipinski definition) is 0. The van der Waals surface area contributed by atoms with Crippen LogP contribution in [0.5, 0.6) is 0 Å². The fourth-order valence-electron chi connectivity index (χ4n) is 1.37. The van der Waals surface area contributed by atoms with Crippen molar-refractivity contribution < 1.29 is 0 Å². The molecule has 0 bridgehead atoms. The van der Waals surface area contributed by atoms with E-state index in [-0.39, 0.29) is 0 Å². The van der Waals surface area contributed by atoms with Gasteiger partial charge in [-0.05, 0) is 74.9 Å². The highest BCUT2D eigenvalue weighted by Gasteiger charge is 2.08. The Bertz CT molecular complexity index is 214. The topological polar surface area (TPSA) is 0 Å². The summed E-state index contributed by atoms with van der Waals surface area (Å²) in [5, 5.41) is 0. The Hall–Kier alpha value is -0.780. The van der Waals surface area contributed by atoms with Crippen molar-refractivity contribution in [2.24, 2.45) is 0 Å². The number of benzene rings is 1. The predicted octanol–water partition coefficient (Wildman–Crippen LogP) is 3.04. The summed E-state index contributed by atoms with van der Waals surface area (Å²) in [5.41, 5.74) is 6.18. The van der Waals surface area contributed by atoms with Crippen LogP contribution in [0, 0.1) is 41.5 Å². The Morgan fingerprint density at radius 1 is 0.583 bits per heavy atom. The molecule has 12 heavy (non-hydrogen) atoms. The van der Waals surface area contributed by atoms with Gasteiger partial charge in [0.05, 0.1) is 0 Å².